The van der Waals surface area contributed by atoms with Crippen LogP contribution in [0.4, 0.5) is 5.69 Å². The number of piperidine rings is 2. The van der Waals surface area contributed by atoms with Crippen LogP contribution < -0.4 is 10.1 Å². The second kappa shape index (κ2) is 9.46. The van der Waals surface area contributed by atoms with Crippen LogP contribution in [0.2, 0.25) is 0 Å². The summed E-state index contributed by atoms with van der Waals surface area (Å²) in [6.07, 6.45) is 6.35. The molecule has 0 aromatic heterocycles. The molecule has 6 nitrogen and oxygen atoms in total. The Morgan fingerprint density at radius 2 is 1.85 bits per heavy atom. The highest BCUT2D eigenvalue weighted by molar-refractivity contribution is 5.95. The average Bonchev–Trinajstić information content (AvgIpc) is 2.88. The highest BCUT2D eigenvalue weighted by Gasteiger charge is 2.42. The van der Waals surface area contributed by atoms with Crippen LogP contribution in [-0.2, 0) is 4.79 Å². The lowest BCUT2D eigenvalue weighted by molar-refractivity contribution is -0.123. The molecular weight excluding hydrogens is 414 g/mol. The van der Waals surface area contributed by atoms with E-state index < -0.39 is 0 Å². The van der Waals surface area contributed by atoms with Gasteiger partial charge in [-0.05, 0) is 80.5 Å². The molecule has 2 amide bonds. The highest BCUT2D eigenvalue weighted by Crippen LogP contribution is 2.50. The monoisotopic (exact) mass is 447 g/mol. The molecule has 6 heteroatoms. The summed E-state index contributed by atoms with van der Waals surface area (Å²) in [5.74, 6) is 1.22. The Kier molecular flexibility index (Phi) is 6.25. The van der Waals surface area contributed by atoms with Crippen LogP contribution in [0.25, 0.3) is 0 Å². The van der Waals surface area contributed by atoms with E-state index in [9.17, 15) is 9.59 Å². The normalized spacial score (nSPS) is 24.3. The van der Waals surface area contributed by atoms with Crippen molar-refractivity contribution in [3.63, 3.8) is 0 Å². The maximum absolute atomic E-state index is 13.2. The van der Waals surface area contributed by atoms with Gasteiger partial charge in [0.1, 0.15) is 5.75 Å². The minimum Gasteiger partial charge on any atom is -0.494 e. The van der Waals surface area contributed by atoms with Crippen molar-refractivity contribution in [1.82, 2.24) is 9.80 Å². The Balaban J connectivity index is 1.49. The summed E-state index contributed by atoms with van der Waals surface area (Å²) in [5, 5.41) is 3.75. The fourth-order valence-corrected chi connectivity index (χ4v) is 5.82. The molecule has 33 heavy (non-hydrogen) atoms. The molecular formula is C27H33N3O3. The second-order valence-electron chi connectivity index (χ2n) is 9.37. The lowest BCUT2D eigenvalue weighted by Gasteiger charge is -2.48. The van der Waals surface area contributed by atoms with Crippen molar-refractivity contribution in [3.8, 4) is 5.75 Å². The van der Waals surface area contributed by atoms with E-state index in [4.69, 9.17) is 4.74 Å². The standard InChI is InChI=1S/C27H33N3O3/c1-2-33-21-11-8-19(9-12-21)25-22-7-6-16-30(18-31)26(22)23-17-20(10-13-24(23)28-25)27(32)29-14-4-3-5-15-29/h8-13,17-18,22,25-26,28H,2-7,14-16H2,1H3. The van der Waals surface area contributed by atoms with Gasteiger partial charge in [-0.15, -0.1) is 0 Å². The molecule has 3 atom stereocenters. The number of rotatable bonds is 5. The van der Waals surface area contributed by atoms with Crippen molar-refractivity contribution in [2.45, 2.75) is 51.1 Å². The number of ether oxygens (including phenoxy) is 1. The van der Waals surface area contributed by atoms with Gasteiger partial charge in [0.2, 0.25) is 6.41 Å². The molecule has 2 aromatic rings. The van der Waals surface area contributed by atoms with Crippen LogP contribution in [0, 0.1) is 5.92 Å². The van der Waals surface area contributed by atoms with E-state index in [0.717, 1.165) is 74.3 Å². The van der Waals surface area contributed by atoms with Gasteiger partial charge in [0, 0.05) is 36.8 Å². The Bertz CT molecular complexity index is 1000. The maximum Gasteiger partial charge on any atom is 0.253 e. The van der Waals surface area contributed by atoms with E-state index >= 15 is 0 Å². The molecule has 3 unspecified atom stereocenters. The smallest absolute Gasteiger partial charge is 0.253 e. The Morgan fingerprint density at radius 3 is 2.58 bits per heavy atom. The number of hydrogen-bond donors (Lipinski definition) is 1. The van der Waals surface area contributed by atoms with Gasteiger partial charge in [-0.2, -0.15) is 0 Å². The van der Waals surface area contributed by atoms with Gasteiger partial charge in [0.25, 0.3) is 5.91 Å². The zero-order valence-electron chi connectivity index (χ0n) is 19.3. The molecule has 0 spiro atoms. The fourth-order valence-electron chi connectivity index (χ4n) is 5.82. The summed E-state index contributed by atoms with van der Waals surface area (Å²) in [7, 11) is 0. The molecule has 5 rings (SSSR count). The van der Waals surface area contributed by atoms with Crippen LogP contribution >= 0.6 is 0 Å². The highest BCUT2D eigenvalue weighted by atomic mass is 16.5. The largest absolute Gasteiger partial charge is 0.494 e. The Morgan fingerprint density at radius 1 is 1.06 bits per heavy atom. The van der Waals surface area contributed by atoms with E-state index in [1.807, 2.05) is 47.1 Å². The first-order valence-corrected chi connectivity index (χ1v) is 12.3. The first kappa shape index (κ1) is 21.8. The van der Waals surface area contributed by atoms with E-state index in [1.54, 1.807) is 0 Å². The maximum atomic E-state index is 13.2. The van der Waals surface area contributed by atoms with Gasteiger partial charge in [-0.25, -0.2) is 0 Å². The fraction of sp³-hybridized carbons (Fsp3) is 0.481. The number of anilines is 1. The topological polar surface area (TPSA) is 61.9 Å². The molecule has 3 aliphatic rings. The summed E-state index contributed by atoms with van der Waals surface area (Å²) in [6.45, 7) is 5.05. The first-order valence-electron chi connectivity index (χ1n) is 12.3. The molecule has 0 bridgehead atoms. The molecule has 3 heterocycles. The van der Waals surface area contributed by atoms with Gasteiger partial charge in [-0.3, -0.25) is 9.59 Å². The quantitative estimate of drug-likeness (QED) is 0.670. The minimum atomic E-state index is -0.0295. The molecule has 3 aliphatic heterocycles. The van der Waals surface area contributed by atoms with Crippen molar-refractivity contribution < 1.29 is 14.3 Å². The Labute approximate surface area is 195 Å². The van der Waals surface area contributed by atoms with Crippen molar-refractivity contribution in [1.29, 1.82) is 0 Å². The summed E-state index contributed by atoms with van der Waals surface area (Å²) in [4.78, 5) is 29.1. The number of fused-ring (bicyclic) bond motifs is 3. The van der Waals surface area contributed by atoms with Gasteiger partial charge in [-0.1, -0.05) is 12.1 Å². The molecule has 0 aliphatic carbocycles. The zero-order chi connectivity index (χ0) is 22.8. The van der Waals surface area contributed by atoms with Crippen LogP contribution in [0.5, 0.6) is 5.75 Å². The number of nitrogens with one attached hydrogen (secondary N) is 1. The van der Waals surface area contributed by atoms with Gasteiger partial charge in [0.05, 0.1) is 18.7 Å². The number of carbonyl (C=O) groups is 2. The molecule has 1 N–H and O–H groups in total. The molecule has 2 fully saturated rings. The third-order valence-corrected chi connectivity index (χ3v) is 7.40. The predicted molar refractivity (Wildman–Crippen MR) is 128 cm³/mol. The number of amides is 2. The predicted octanol–water partition coefficient (Wildman–Crippen LogP) is 4.79. The lowest BCUT2D eigenvalue weighted by Crippen LogP contribution is -2.45. The molecule has 0 saturated carbocycles. The van der Waals surface area contributed by atoms with Gasteiger partial charge >= 0.3 is 0 Å². The van der Waals surface area contributed by atoms with Gasteiger partial charge in [0.15, 0.2) is 0 Å². The van der Waals surface area contributed by atoms with Crippen LogP contribution in [0.3, 0.4) is 0 Å². The summed E-state index contributed by atoms with van der Waals surface area (Å²) < 4.78 is 5.62. The summed E-state index contributed by atoms with van der Waals surface area (Å²) in [6, 6.07) is 14.4. The third-order valence-electron chi connectivity index (χ3n) is 7.40. The van der Waals surface area contributed by atoms with Crippen LogP contribution in [0.1, 0.15) is 72.6 Å². The van der Waals surface area contributed by atoms with E-state index in [-0.39, 0.29) is 23.9 Å². The van der Waals surface area contributed by atoms with Crippen LogP contribution in [0.15, 0.2) is 42.5 Å². The van der Waals surface area contributed by atoms with Crippen molar-refractivity contribution >= 4 is 18.0 Å². The second-order valence-corrected chi connectivity index (χ2v) is 9.37. The van der Waals surface area contributed by atoms with E-state index in [2.05, 4.69) is 17.4 Å². The number of carbonyl (C=O) groups excluding carboxylic acids is 2. The molecule has 174 valence electrons. The zero-order valence-corrected chi connectivity index (χ0v) is 19.3. The summed E-state index contributed by atoms with van der Waals surface area (Å²) in [5.41, 5.74) is 4.00. The average molecular weight is 448 g/mol. The van der Waals surface area contributed by atoms with E-state index in [1.165, 1.54) is 12.0 Å². The number of hydrogen-bond acceptors (Lipinski definition) is 4. The van der Waals surface area contributed by atoms with Crippen molar-refractivity contribution in [3.05, 3.63) is 59.2 Å². The van der Waals surface area contributed by atoms with Crippen LogP contribution in [-0.4, -0.2) is 48.4 Å². The molecule has 2 saturated heterocycles. The molecule has 2 aromatic carbocycles. The lowest BCUT2D eigenvalue weighted by atomic mass is 9.74. The van der Waals surface area contributed by atoms with Crippen molar-refractivity contribution in [2.75, 3.05) is 31.6 Å². The Hall–Kier alpha value is -3.02. The van der Waals surface area contributed by atoms with Gasteiger partial charge < -0.3 is 19.9 Å². The number of benzene rings is 2. The minimum absolute atomic E-state index is 0.0295. The molecule has 0 radical (unpaired) electrons. The number of nitrogens with zero attached hydrogens (tertiary/aromatic N) is 2. The summed E-state index contributed by atoms with van der Waals surface area (Å²) >= 11 is 0. The SMILES string of the molecule is CCOc1ccc(C2Nc3ccc(C(=O)N4CCCCC4)cc3C3C2CCCN3C=O)cc1. The first-order chi connectivity index (χ1) is 16.2. The third kappa shape index (κ3) is 4.19. The van der Waals surface area contributed by atoms with Crippen molar-refractivity contribution in [2.24, 2.45) is 5.92 Å². The van der Waals surface area contributed by atoms with E-state index in [0.29, 0.717) is 6.61 Å². The number of likely N-dealkylation sites (tertiary alicyclic amines) is 2.